The van der Waals surface area contributed by atoms with Crippen molar-refractivity contribution in [3.05, 3.63) is 41.9 Å². The molecule has 0 radical (unpaired) electrons. The summed E-state index contributed by atoms with van der Waals surface area (Å²) in [6.45, 7) is 5.37. The summed E-state index contributed by atoms with van der Waals surface area (Å²) in [4.78, 5) is 9.19. The topological polar surface area (TPSA) is 61.0 Å². The number of nitriles is 1. The molecule has 0 spiro atoms. The maximum atomic E-state index is 8.93. The Morgan fingerprint density at radius 3 is 2.80 bits per heavy atom. The number of piperidine rings is 1. The van der Waals surface area contributed by atoms with E-state index in [1.807, 2.05) is 30.1 Å². The van der Waals surface area contributed by atoms with Gasteiger partial charge in [-0.2, -0.15) is 10.4 Å². The third-order valence-electron chi connectivity index (χ3n) is 5.11. The zero-order valence-corrected chi connectivity index (χ0v) is 15.3. The average Bonchev–Trinajstić information content (AvgIpc) is 3.07. The lowest BCUT2D eigenvalue weighted by molar-refractivity contribution is 0.101. The molecule has 6 nitrogen and oxygen atoms in total. The highest BCUT2D eigenvalue weighted by molar-refractivity contribution is 5.41. The maximum absolute atomic E-state index is 8.93. The van der Waals surface area contributed by atoms with Crippen LogP contribution in [0.4, 0.5) is 5.82 Å². The van der Waals surface area contributed by atoms with Gasteiger partial charge < -0.3 is 4.90 Å². The summed E-state index contributed by atoms with van der Waals surface area (Å²) in [5.41, 5.74) is 1.90. The Bertz CT molecular complexity index is 729. The summed E-state index contributed by atoms with van der Waals surface area (Å²) in [7, 11) is 4.06. The van der Waals surface area contributed by atoms with Crippen LogP contribution < -0.4 is 4.90 Å². The van der Waals surface area contributed by atoms with Crippen LogP contribution in [0, 0.1) is 17.2 Å². The molecule has 2 aromatic rings. The molecule has 0 unspecified atom stereocenters. The minimum absolute atomic E-state index is 0.397. The van der Waals surface area contributed by atoms with Crippen LogP contribution in [-0.2, 0) is 7.05 Å². The first-order chi connectivity index (χ1) is 12.1. The van der Waals surface area contributed by atoms with Crippen molar-refractivity contribution in [1.29, 1.82) is 5.26 Å². The first-order valence-electron chi connectivity index (χ1n) is 8.92. The van der Waals surface area contributed by atoms with Crippen molar-refractivity contribution < 1.29 is 0 Å². The molecule has 2 atom stereocenters. The Balaban J connectivity index is 1.79. The molecule has 3 heterocycles. The molecule has 0 aliphatic carbocycles. The van der Waals surface area contributed by atoms with E-state index in [-0.39, 0.29) is 0 Å². The SMILES string of the molecule is CCN1CCC[C@@H](CN(C)c2ccc(C#N)cn2)[C@@H]1c1cnn(C)c1. The number of aromatic nitrogens is 3. The van der Waals surface area contributed by atoms with Crippen molar-refractivity contribution in [2.75, 3.05) is 31.6 Å². The second-order valence-electron chi connectivity index (χ2n) is 6.82. The molecule has 3 rings (SSSR count). The average molecular weight is 338 g/mol. The zero-order valence-electron chi connectivity index (χ0n) is 15.3. The number of pyridine rings is 1. The van der Waals surface area contributed by atoms with Crippen molar-refractivity contribution in [1.82, 2.24) is 19.7 Å². The quantitative estimate of drug-likeness (QED) is 0.838. The largest absolute Gasteiger partial charge is 0.359 e. The number of aryl methyl sites for hydroxylation is 1. The molecule has 0 aromatic carbocycles. The first-order valence-corrected chi connectivity index (χ1v) is 8.92. The van der Waals surface area contributed by atoms with Gasteiger partial charge in [0.05, 0.1) is 11.8 Å². The van der Waals surface area contributed by atoms with E-state index in [1.165, 1.54) is 18.4 Å². The summed E-state index contributed by atoms with van der Waals surface area (Å²) in [6, 6.07) is 6.28. The summed E-state index contributed by atoms with van der Waals surface area (Å²) in [6.07, 6.45) is 8.22. The van der Waals surface area contributed by atoms with Gasteiger partial charge in [0.1, 0.15) is 11.9 Å². The molecule has 1 fully saturated rings. The number of anilines is 1. The van der Waals surface area contributed by atoms with Crippen LogP contribution in [0.25, 0.3) is 0 Å². The second-order valence-corrected chi connectivity index (χ2v) is 6.82. The lowest BCUT2D eigenvalue weighted by Gasteiger charge is -2.42. The van der Waals surface area contributed by atoms with Gasteiger partial charge in [0.15, 0.2) is 0 Å². The number of likely N-dealkylation sites (tertiary alicyclic amines) is 1. The van der Waals surface area contributed by atoms with Gasteiger partial charge in [0, 0.05) is 44.6 Å². The highest BCUT2D eigenvalue weighted by Gasteiger charge is 2.33. The normalized spacial score (nSPS) is 21.0. The Morgan fingerprint density at radius 2 is 2.20 bits per heavy atom. The summed E-state index contributed by atoms with van der Waals surface area (Å²) < 4.78 is 1.89. The van der Waals surface area contributed by atoms with Gasteiger partial charge in [-0.05, 0) is 44.0 Å². The number of rotatable bonds is 5. The molecule has 1 aliphatic rings. The standard InChI is InChI=1S/C19H26N6/c1-4-25-9-5-6-16(19(25)17-12-22-24(3)14-17)13-23(2)18-8-7-15(10-20)11-21-18/h7-8,11-12,14,16,19H,4-6,9,13H2,1-3H3/t16-,19+/m0/s1. The molecule has 6 heteroatoms. The van der Waals surface area contributed by atoms with Crippen LogP contribution in [-0.4, -0.2) is 46.3 Å². The van der Waals surface area contributed by atoms with Crippen molar-refractivity contribution in [2.24, 2.45) is 13.0 Å². The predicted molar refractivity (Wildman–Crippen MR) is 98.1 cm³/mol. The number of nitrogens with zero attached hydrogens (tertiary/aromatic N) is 6. The van der Waals surface area contributed by atoms with Crippen molar-refractivity contribution in [3.63, 3.8) is 0 Å². The Kier molecular flexibility index (Phi) is 5.34. The lowest BCUT2D eigenvalue weighted by Crippen LogP contribution is -2.42. The van der Waals surface area contributed by atoms with E-state index in [1.54, 1.807) is 6.20 Å². The molecule has 0 saturated carbocycles. The van der Waals surface area contributed by atoms with E-state index in [2.05, 4.69) is 46.1 Å². The van der Waals surface area contributed by atoms with Crippen LogP contribution in [0.5, 0.6) is 0 Å². The molecule has 0 N–H and O–H groups in total. The fourth-order valence-corrected chi connectivity index (χ4v) is 3.90. The predicted octanol–water partition coefficient (Wildman–Crippen LogP) is 2.60. The minimum Gasteiger partial charge on any atom is -0.359 e. The van der Waals surface area contributed by atoms with Gasteiger partial charge in [0.2, 0.25) is 0 Å². The fourth-order valence-electron chi connectivity index (χ4n) is 3.90. The monoisotopic (exact) mass is 338 g/mol. The third-order valence-corrected chi connectivity index (χ3v) is 5.11. The molecule has 0 bridgehead atoms. The van der Waals surface area contributed by atoms with Gasteiger partial charge in [-0.25, -0.2) is 4.98 Å². The van der Waals surface area contributed by atoms with Crippen molar-refractivity contribution in [2.45, 2.75) is 25.8 Å². The van der Waals surface area contributed by atoms with Gasteiger partial charge in [0.25, 0.3) is 0 Å². The van der Waals surface area contributed by atoms with Gasteiger partial charge >= 0.3 is 0 Å². The van der Waals surface area contributed by atoms with E-state index in [0.717, 1.165) is 25.5 Å². The molecule has 25 heavy (non-hydrogen) atoms. The minimum atomic E-state index is 0.397. The van der Waals surface area contributed by atoms with Crippen LogP contribution in [0.2, 0.25) is 0 Å². The van der Waals surface area contributed by atoms with E-state index in [4.69, 9.17) is 5.26 Å². The molecular weight excluding hydrogens is 312 g/mol. The number of hydrogen-bond donors (Lipinski definition) is 0. The molecule has 1 aliphatic heterocycles. The van der Waals surface area contributed by atoms with Crippen LogP contribution in [0.3, 0.4) is 0 Å². The molecule has 1 saturated heterocycles. The number of hydrogen-bond acceptors (Lipinski definition) is 5. The highest BCUT2D eigenvalue weighted by atomic mass is 15.3. The van der Waals surface area contributed by atoms with Crippen molar-refractivity contribution in [3.8, 4) is 6.07 Å². The van der Waals surface area contributed by atoms with E-state index in [0.29, 0.717) is 17.5 Å². The van der Waals surface area contributed by atoms with Gasteiger partial charge in [-0.15, -0.1) is 0 Å². The second kappa shape index (κ2) is 7.66. The van der Waals surface area contributed by atoms with Crippen molar-refractivity contribution >= 4 is 5.82 Å². The van der Waals surface area contributed by atoms with Gasteiger partial charge in [-0.3, -0.25) is 9.58 Å². The highest BCUT2D eigenvalue weighted by Crippen LogP contribution is 2.36. The van der Waals surface area contributed by atoms with Crippen LogP contribution in [0.15, 0.2) is 30.7 Å². The van der Waals surface area contributed by atoms with E-state index in [9.17, 15) is 0 Å². The Labute approximate surface area is 149 Å². The Morgan fingerprint density at radius 1 is 1.36 bits per heavy atom. The fraction of sp³-hybridized carbons (Fsp3) is 0.526. The van der Waals surface area contributed by atoms with Crippen LogP contribution in [0.1, 0.15) is 36.9 Å². The van der Waals surface area contributed by atoms with Crippen LogP contribution >= 0.6 is 0 Å². The molecular formula is C19H26N6. The zero-order chi connectivity index (χ0) is 17.8. The smallest absolute Gasteiger partial charge is 0.128 e. The summed E-state index contributed by atoms with van der Waals surface area (Å²) >= 11 is 0. The maximum Gasteiger partial charge on any atom is 0.128 e. The Hall–Kier alpha value is -2.39. The van der Waals surface area contributed by atoms with E-state index >= 15 is 0 Å². The molecule has 0 amide bonds. The van der Waals surface area contributed by atoms with E-state index < -0.39 is 0 Å². The van der Waals surface area contributed by atoms with Gasteiger partial charge in [-0.1, -0.05) is 6.92 Å². The summed E-state index contributed by atoms with van der Waals surface area (Å²) in [5.74, 6) is 1.44. The summed E-state index contributed by atoms with van der Waals surface area (Å²) in [5, 5.41) is 13.3. The first kappa shape index (κ1) is 17.4. The molecule has 132 valence electrons. The lowest BCUT2D eigenvalue weighted by atomic mass is 9.85. The third kappa shape index (κ3) is 3.83. The molecule has 2 aromatic heterocycles.